The molecule has 4 rings (SSSR count). The van der Waals surface area contributed by atoms with Crippen LogP contribution in [0.15, 0.2) is 29.2 Å². The van der Waals surface area contributed by atoms with E-state index in [1.807, 2.05) is 19.9 Å². The maximum absolute atomic E-state index is 13.2. The van der Waals surface area contributed by atoms with Gasteiger partial charge < -0.3 is 28.4 Å². The smallest absolute Gasteiger partial charge is 0.359 e. The van der Waals surface area contributed by atoms with Crippen LogP contribution in [0.1, 0.15) is 25.0 Å². The average molecular weight is 562 g/mol. The fraction of sp³-hybridized carbons (Fsp3) is 0.520. The van der Waals surface area contributed by atoms with Gasteiger partial charge in [-0.2, -0.15) is 0 Å². The summed E-state index contributed by atoms with van der Waals surface area (Å²) in [6.07, 6.45) is 1.01. The summed E-state index contributed by atoms with van der Waals surface area (Å²) < 4.78 is 32.2. The standard InChI is InChI=1S/C25H27Cl3O8/c1-11-17(36-22(30)25(26,27)28)13-9-14(29)18(32-4)21(35-7)24(13)16-12(10-23(11,24)2)8-15(31-3)19(33-5)20(16)34-6/h8-9,11,17H,10H2,1-7H3/t11-,17+,23+,24+/m0/s1. The van der Waals surface area contributed by atoms with Crippen LogP contribution in [-0.4, -0.2) is 57.2 Å². The average Bonchev–Trinajstić information content (AvgIpc) is 3.18. The molecule has 8 nitrogen and oxygen atoms in total. The monoisotopic (exact) mass is 560 g/mol. The topological polar surface area (TPSA) is 89.5 Å². The van der Waals surface area contributed by atoms with Crippen molar-refractivity contribution in [2.24, 2.45) is 11.3 Å². The van der Waals surface area contributed by atoms with Crippen LogP contribution in [0.5, 0.6) is 17.2 Å². The van der Waals surface area contributed by atoms with Gasteiger partial charge in [0.25, 0.3) is 3.79 Å². The molecule has 11 heteroatoms. The van der Waals surface area contributed by atoms with E-state index in [2.05, 4.69) is 0 Å². The Morgan fingerprint density at radius 2 is 1.64 bits per heavy atom. The minimum absolute atomic E-state index is 0.0396. The first-order chi connectivity index (χ1) is 16.9. The van der Waals surface area contributed by atoms with Crippen LogP contribution in [0, 0.1) is 11.3 Å². The lowest BCUT2D eigenvalue weighted by atomic mass is 9.60. The number of allylic oxidation sites excluding steroid dienone is 2. The van der Waals surface area contributed by atoms with Crippen molar-refractivity contribution >= 4 is 46.6 Å². The van der Waals surface area contributed by atoms with Gasteiger partial charge >= 0.3 is 5.97 Å². The number of esters is 1. The highest BCUT2D eigenvalue weighted by Crippen LogP contribution is 2.73. The van der Waals surface area contributed by atoms with E-state index < -0.39 is 32.5 Å². The molecule has 3 aliphatic carbocycles. The van der Waals surface area contributed by atoms with E-state index in [4.69, 9.17) is 63.2 Å². The largest absolute Gasteiger partial charge is 0.496 e. The summed E-state index contributed by atoms with van der Waals surface area (Å²) in [7, 11) is 7.45. The molecule has 0 aromatic heterocycles. The van der Waals surface area contributed by atoms with Gasteiger partial charge in [0, 0.05) is 11.5 Å². The number of carbonyl (C=O) groups excluding carboxylic acids is 2. The predicted octanol–water partition coefficient (Wildman–Crippen LogP) is 4.46. The molecule has 0 amide bonds. The van der Waals surface area contributed by atoms with Crippen molar-refractivity contribution in [2.45, 2.75) is 35.6 Å². The van der Waals surface area contributed by atoms with Crippen molar-refractivity contribution in [3.8, 4) is 17.2 Å². The third-order valence-electron chi connectivity index (χ3n) is 7.83. The fourth-order valence-corrected chi connectivity index (χ4v) is 6.47. The Morgan fingerprint density at radius 3 is 2.14 bits per heavy atom. The van der Waals surface area contributed by atoms with Gasteiger partial charge in [0.15, 0.2) is 17.3 Å². The molecule has 1 fully saturated rings. The number of methoxy groups -OCH3 is 5. The molecule has 0 saturated heterocycles. The Labute approximate surface area is 224 Å². The molecule has 1 aromatic rings. The van der Waals surface area contributed by atoms with Crippen molar-refractivity contribution in [2.75, 3.05) is 35.5 Å². The fourth-order valence-electron chi connectivity index (χ4n) is 6.33. The van der Waals surface area contributed by atoms with Crippen molar-refractivity contribution in [1.29, 1.82) is 0 Å². The molecule has 0 N–H and O–H groups in total. The SMILES string of the molecule is COC1=C(OC)[C@]23C(=CC1=O)[C@H](OC(=O)C(Cl)(Cl)Cl)[C@H](C)[C@@]2(C)Cc1cc(OC)c(OC)c(OC)c13. The van der Waals surface area contributed by atoms with Crippen molar-refractivity contribution in [1.82, 2.24) is 0 Å². The summed E-state index contributed by atoms with van der Waals surface area (Å²) in [6, 6.07) is 1.89. The van der Waals surface area contributed by atoms with Gasteiger partial charge in [0.05, 0.1) is 41.0 Å². The molecule has 3 aliphatic rings. The van der Waals surface area contributed by atoms with E-state index in [1.54, 1.807) is 7.11 Å². The lowest BCUT2D eigenvalue weighted by molar-refractivity contribution is -0.148. The number of fused-ring (bicyclic) bond motifs is 1. The summed E-state index contributed by atoms with van der Waals surface area (Å²) in [5.41, 5.74) is 0.260. The molecule has 4 atom stereocenters. The second kappa shape index (κ2) is 8.92. The summed E-state index contributed by atoms with van der Waals surface area (Å²) >= 11 is 17.5. The molecule has 1 aromatic carbocycles. The second-order valence-corrected chi connectivity index (χ2v) is 11.4. The highest BCUT2D eigenvalue weighted by Gasteiger charge is 2.73. The van der Waals surface area contributed by atoms with Crippen LogP contribution in [-0.2, 0) is 35.6 Å². The van der Waals surface area contributed by atoms with E-state index in [9.17, 15) is 9.59 Å². The molecule has 0 bridgehead atoms. The van der Waals surface area contributed by atoms with Gasteiger partial charge in [0.1, 0.15) is 6.10 Å². The quantitative estimate of drug-likeness (QED) is 0.372. The number of ether oxygens (including phenoxy) is 6. The van der Waals surface area contributed by atoms with E-state index in [1.165, 1.54) is 34.5 Å². The van der Waals surface area contributed by atoms with Crippen LogP contribution in [0.3, 0.4) is 0 Å². The zero-order valence-electron chi connectivity index (χ0n) is 20.9. The van der Waals surface area contributed by atoms with E-state index >= 15 is 0 Å². The molecule has 196 valence electrons. The first kappa shape index (κ1) is 26.8. The normalized spacial score (nSPS) is 28.6. The molecular weight excluding hydrogens is 535 g/mol. The Kier molecular flexibility index (Phi) is 6.63. The number of carbonyl (C=O) groups is 2. The predicted molar refractivity (Wildman–Crippen MR) is 133 cm³/mol. The number of halogens is 3. The molecule has 0 radical (unpaired) electrons. The van der Waals surface area contributed by atoms with E-state index in [-0.39, 0.29) is 17.4 Å². The van der Waals surface area contributed by atoms with Crippen LogP contribution in [0.4, 0.5) is 0 Å². The Morgan fingerprint density at radius 1 is 1.00 bits per heavy atom. The van der Waals surface area contributed by atoms with E-state index in [0.29, 0.717) is 34.8 Å². The highest BCUT2D eigenvalue weighted by molar-refractivity contribution is 6.75. The highest BCUT2D eigenvalue weighted by atomic mass is 35.6. The van der Waals surface area contributed by atoms with Crippen molar-refractivity contribution < 1.29 is 38.0 Å². The number of benzene rings is 1. The first-order valence-electron chi connectivity index (χ1n) is 11.1. The molecule has 1 saturated carbocycles. The zero-order valence-corrected chi connectivity index (χ0v) is 23.2. The summed E-state index contributed by atoms with van der Waals surface area (Å²) in [4.78, 5) is 25.9. The zero-order chi connectivity index (χ0) is 26.8. The van der Waals surface area contributed by atoms with Gasteiger partial charge in [-0.25, -0.2) is 4.79 Å². The minimum Gasteiger partial charge on any atom is -0.496 e. The van der Waals surface area contributed by atoms with Crippen LogP contribution >= 0.6 is 34.8 Å². The maximum Gasteiger partial charge on any atom is 0.359 e. The molecule has 36 heavy (non-hydrogen) atoms. The number of hydrogen-bond acceptors (Lipinski definition) is 8. The van der Waals surface area contributed by atoms with Gasteiger partial charge in [-0.05, 0) is 35.1 Å². The first-order valence-corrected chi connectivity index (χ1v) is 12.2. The van der Waals surface area contributed by atoms with Gasteiger partial charge in [-0.15, -0.1) is 0 Å². The number of ketones is 1. The Balaban J connectivity index is 2.13. The van der Waals surface area contributed by atoms with Crippen molar-refractivity contribution in [3.63, 3.8) is 0 Å². The second-order valence-electron chi connectivity index (χ2n) is 9.17. The minimum atomic E-state index is -2.30. The summed E-state index contributed by atoms with van der Waals surface area (Å²) in [5.74, 6) is -0.253. The third-order valence-corrected chi connectivity index (χ3v) is 8.29. The summed E-state index contributed by atoms with van der Waals surface area (Å²) in [6.45, 7) is 3.96. The number of alkyl halides is 3. The number of hydrogen-bond donors (Lipinski definition) is 0. The lowest BCUT2D eigenvalue weighted by Gasteiger charge is -2.43. The third kappa shape index (κ3) is 3.26. The maximum atomic E-state index is 13.2. The van der Waals surface area contributed by atoms with Crippen LogP contribution in [0.2, 0.25) is 0 Å². The Hall–Kier alpha value is -2.29. The van der Waals surface area contributed by atoms with Crippen molar-refractivity contribution in [3.05, 3.63) is 40.4 Å². The van der Waals surface area contributed by atoms with Crippen LogP contribution < -0.4 is 14.2 Å². The van der Waals surface area contributed by atoms with Crippen LogP contribution in [0.25, 0.3) is 0 Å². The molecule has 0 aliphatic heterocycles. The number of rotatable bonds is 6. The molecule has 0 unspecified atom stereocenters. The van der Waals surface area contributed by atoms with E-state index in [0.717, 1.165) is 5.56 Å². The van der Waals surface area contributed by atoms with Gasteiger partial charge in [-0.3, -0.25) is 4.79 Å². The summed E-state index contributed by atoms with van der Waals surface area (Å²) in [5, 5.41) is 0. The van der Waals surface area contributed by atoms with Gasteiger partial charge in [-0.1, -0.05) is 48.7 Å². The molecule has 1 spiro atoms. The molecular formula is C25H27Cl3O8. The van der Waals surface area contributed by atoms with Gasteiger partial charge in [0.2, 0.25) is 17.3 Å². The lowest BCUT2D eigenvalue weighted by Crippen LogP contribution is -2.45. The molecule has 0 heterocycles. The Bertz CT molecular complexity index is 1200.